The molecule has 1 atom stereocenters. The van der Waals surface area contributed by atoms with Gasteiger partial charge in [0.05, 0.1) is 10.9 Å². The second-order valence-electron chi connectivity index (χ2n) is 2.49. The van der Waals surface area contributed by atoms with E-state index >= 15 is 0 Å². The molecule has 4 heteroatoms. The van der Waals surface area contributed by atoms with E-state index in [2.05, 4.69) is 18.8 Å². The average molecular weight is 229 g/mol. The van der Waals surface area contributed by atoms with Crippen molar-refractivity contribution in [1.29, 1.82) is 0 Å². The van der Waals surface area contributed by atoms with Gasteiger partial charge in [0.2, 0.25) is 0 Å². The molecule has 0 N–H and O–H groups in total. The Balaban J connectivity index is 4.15. The quantitative estimate of drug-likeness (QED) is 0.392. The lowest BCUT2D eigenvalue weighted by Crippen LogP contribution is -1.92. The fraction of sp³-hybridized carbons (Fsp3) is 0.625. The van der Waals surface area contributed by atoms with Crippen LogP contribution in [-0.4, -0.2) is 12.1 Å². The first-order valence-electron chi connectivity index (χ1n) is 3.76. The molecular weight excluding hydrogens is 216 g/mol. The van der Waals surface area contributed by atoms with Gasteiger partial charge in [-0.3, -0.25) is 0 Å². The molecule has 0 amide bonds. The number of halogens is 3. The molecule has 1 nitrogen and oxygen atoms in total. The summed E-state index contributed by atoms with van der Waals surface area (Å²) in [6, 6.07) is 0. The third-order valence-electron chi connectivity index (χ3n) is 1.43. The monoisotopic (exact) mass is 227 g/mol. The molecule has 0 aromatic carbocycles. The average Bonchev–Trinajstić information content (AvgIpc) is 2.11. The highest BCUT2D eigenvalue weighted by Crippen LogP contribution is 2.16. The summed E-state index contributed by atoms with van der Waals surface area (Å²) in [6.07, 6.45) is 2.81. The van der Waals surface area contributed by atoms with Crippen LogP contribution in [0.4, 0.5) is 0 Å². The van der Waals surface area contributed by atoms with Gasteiger partial charge in [0, 0.05) is 6.21 Å². The molecule has 0 heterocycles. The predicted octanol–water partition coefficient (Wildman–Crippen LogP) is 3.99. The fourth-order valence-electron chi connectivity index (χ4n) is 0.423. The van der Waals surface area contributed by atoms with E-state index in [1.807, 2.05) is 0 Å². The summed E-state index contributed by atoms with van der Waals surface area (Å²) in [7, 11) is 0. The lowest BCUT2D eigenvalue weighted by Gasteiger charge is -1.98. The number of aliphatic imine (C=N–C) groups is 1. The van der Waals surface area contributed by atoms with E-state index in [1.54, 1.807) is 6.21 Å². The maximum Gasteiger partial charge on any atom is 0.144 e. The van der Waals surface area contributed by atoms with Crippen LogP contribution >= 0.6 is 34.8 Å². The molecule has 0 aromatic rings. The van der Waals surface area contributed by atoms with Crippen LogP contribution in [0.25, 0.3) is 0 Å². The Kier molecular flexibility index (Phi) is 6.92. The molecule has 0 aliphatic heterocycles. The topological polar surface area (TPSA) is 12.4 Å². The van der Waals surface area contributed by atoms with Gasteiger partial charge in [0.15, 0.2) is 0 Å². The van der Waals surface area contributed by atoms with Crippen LogP contribution < -0.4 is 0 Å². The zero-order valence-electron chi connectivity index (χ0n) is 7.15. The molecule has 0 saturated heterocycles. The number of rotatable bonds is 4. The molecule has 12 heavy (non-hydrogen) atoms. The summed E-state index contributed by atoms with van der Waals surface area (Å²) in [6.45, 7) is 4.14. The maximum absolute atomic E-state index is 5.70. The van der Waals surface area contributed by atoms with Gasteiger partial charge in [0.25, 0.3) is 0 Å². The van der Waals surface area contributed by atoms with Gasteiger partial charge in [-0.15, -0.1) is 11.6 Å². The summed E-state index contributed by atoms with van der Waals surface area (Å²) in [5.74, 6) is 0.622. The Morgan fingerprint density at radius 2 is 2.08 bits per heavy atom. The standard InChI is InChI=1S/C8H12Cl3N/c1-3-6(2)5-12-8(11)7(10)4-9/h5-6H,3-4H2,1-2H3. The maximum atomic E-state index is 5.70. The molecule has 0 aliphatic carbocycles. The normalized spacial score (nSPS) is 16.4. The first-order valence-corrected chi connectivity index (χ1v) is 5.05. The first-order chi connectivity index (χ1) is 5.61. The molecule has 0 radical (unpaired) electrons. The van der Waals surface area contributed by atoms with Crippen molar-refractivity contribution < 1.29 is 0 Å². The van der Waals surface area contributed by atoms with Gasteiger partial charge >= 0.3 is 0 Å². The molecule has 0 aromatic heterocycles. The summed E-state index contributed by atoms with van der Waals surface area (Å²) in [4.78, 5) is 3.97. The molecule has 0 saturated carbocycles. The van der Waals surface area contributed by atoms with Crippen LogP contribution in [0.15, 0.2) is 15.2 Å². The predicted molar refractivity (Wildman–Crippen MR) is 57.4 cm³/mol. The Morgan fingerprint density at radius 3 is 2.50 bits per heavy atom. The summed E-state index contributed by atoms with van der Waals surface area (Å²) >= 11 is 16.8. The minimum absolute atomic E-state index is 0.207. The third kappa shape index (κ3) is 5.02. The molecule has 1 unspecified atom stereocenters. The van der Waals surface area contributed by atoms with Crippen molar-refractivity contribution in [3.63, 3.8) is 0 Å². The van der Waals surface area contributed by atoms with E-state index in [4.69, 9.17) is 34.8 Å². The van der Waals surface area contributed by atoms with Crippen molar-refractivity contribution in [3.05, 3.63) is 10.2 Å². The van der Waals surface area contributed by atoms with Crippen LogP contribution in [0.1, 0.15) is 20.3 Å². The second-order valence-corrected chi connectivity index (χ2v) is 3.57. The highest BCUT2D eigenvalue weighted by Gasteiger charge is 1.98. The summed E-state index contributed by atoms with van der Waals surface area (Å²) < 4.78 is 0. The van der Waals surface area contributed by atoms with Crippen molar-refractivity contribution >= 4 is 41.0 Å². The Labute approximate surface area is 88.4 Å². The van der Waals surface area contributed by atoms with Crippen LogP contribution in [0, 0.1) is 5.92 Å². The molecule has 0 rings (SSSR count). The zero-order valence-corrected chi connectivity index (χ0v) is 9.42. The van der Waals surface area contributed by atoms with E-state index in [9.17, 15) is 0 Å². The van der Waals surface area contributed by atoms with Crippen molar-refractivity contribution in [2.24, 2.45) is 10.9 Å². The molecule has 0 spiro atoms. The van der Waals surface area contributed by atoms with Crippen molar-refractivity contribution in [1.82, 2.24) is 0 Å². The van der Waals surface area contributed by atoms with E-state index in [0.29, 0.717) is 11.0 Å². The summed E-state index contributed by atoms with van der Waals surface area (Å²) in [5.41, 5.74) is 0. The number of hydrogen-bond acceptors (Lipinski definition) is 1. The number of hydrogen-bond donors (Lipinski definition) is 0. The third-order valence-corrected chi connectivity index (χ3v) is 2.57. The highest BCUT2D eigenvalue weighted by atomic mass is 35.5. The van der Waals surface area contributed by atoms with Gasteiger partial charge in [0.1, 0.15) is 5.16 Å². The minimum Gasteiger partial charge on any atom is -0.247 e. The van der Waals surface area contributed by atoms with E-state index in [1.165, 1.54) is 0 Å². The minimum atomic E-state index is 0.207. The molecule has 0 fully saturated rings. The first kappa shape index (κ1) is 12.3. The van der Waals surface area contributed by atoms with Gasteiger partial charge < -0.3 is 0 Å². The lowest BCUT2D eigenvalue weighted by atomic mass is 10.1. The smallest absolute Gasteiger partial charge is 0.144 e. The largest absolute Gasteiger partial charge is 0.247 e. The summed E-state index contributed by atoms with van der Waals surface area (Å²) in [5, 5.41) is 0.671. The highest BCUT2D eigenvalue weighted by molar-refractivity contribution is 6.42. The Bertz CT molecular complexity index is 187. The van der Waals surface area contributed by atoms with Crippen molar-refractivity contribution in [3.8, 4) is 0 Å². The van der Waals surface area contributed by atoms with E-state index in [-0.39, 0.29) is 11.0 Å². The van der Waals surface area contributed by atoms with Crippen LogP contribution in [0.2, 0.25) is 0 Å². The van der Waals surface area contributed by atoms with Crippen molar-refractivity contribution in [2.75, 3.05) is 5.88 Å². The molecule has 0 aliphatic rings. The second kappa shape index (κ2) is 6.76. The number of nitrogens with zero attached hydrogens (tertiary/aromatic N) is 1. The van der Waals surface area contributed by atoms with Crippen LogP contribution in [0.5, 0.6) is 0 Å². The van der Waals surface area contributed by atoms with Gasteiger partial charge in [-0.25, -0.2) is 4.99 Å². The van der Waals surface area contributed by atoms with E-state index < -0.39 is 0 Å². The van der Waals surface area contributed by atoms with Gasteiger partial charge in [-0.1, -0.05) is 37.0 Å². The van der Waals surface area contributed by atoms with E-state index in [0.717, 1.165) is 6.42 Å². The van der Waals surface area contributed by atoms with Crippen LogP contribution in [0.3, 0.4) is 0 Å². The molecule has 0 bridgehead atoms. The zero-order chi connectivity index (χ0) is 9.56. The molecule has 70 valence electrons. The Morgan fingerprint density at radius 1 is 1.50 bits per heavy atom. The van der Waals surface area contributed by atoms with Crippen molar-refractivity contribution in [2.45, 2.75) is 20.3 Å². The van der Waals surface area contributed by atoms with Gasteiger partial charge in [-0.2, -0.15) is 0 Å². The Hall–Kier alpha value is 0.280. The van der Waals surface area contributed by atoms with Crippen LogP contribution in [-0.2, 0) is 0 Å². The SMILES string of the molecule is CCC(C)C=NC(Cl)=C(Cl)CCl. The lowest BCUT2D eigenvalue weighted by molar-refractivity contribution is 0.754. The molecular formula is C8H12Cl3N. The number of alkyl halides is 1. The van der Waals surface area contributed by atoms with Gasteiger partial charge in [-0.05, 0) is 12.3 Å². The number of allylic oxidation sites excluding steroid dienone is 1. The fourth-order valence-corrected chi connectivity index (χ4v) is 0.790.